The smallest absolute Gasteiger partial charge is 0.356 e. The van der Waals surface area contributed by atoms with Crippen LogP contribution in [0, 0.1) is 0 Å². The zero-order valence-electron chi connectivity index (χ0n) is 10.0. The summed E-state index contributed by atoms with van der Waals surface area (Å²) in [6.07, 6.45) is 6.41. The molecule has 3 heterocycles. The molecule has 2 N–H and O–H groups in total. The number of fused-ring (bicyclic) bond motifs is 1. The highest BCUT2D eigenvalue weighted by Gasteiger charge is 2.37. The highest BCUT2D eigenvalue weighted by atomic mass is 16.4. The number of carboxylic acid groups (broad SMARTS) is 1. The van der Waals surface area contributed by atoms with Crippen LogP contribution in [0.4, 0.5) is 5.82 Å². The third-order valence-corrected chi connectivity index (χ3v) is 3.79. The van der Waals surface area contributed by atoms with Crippen molar-refractivity contribution in [3.8, 4) is 0 Å². The van der Waals surface area contributed by atoms with Gasteiger partial charge in [-0.3, -0.25) is 9.88 Å². The molecule has 6 nitrogen and oxygen atoms in total. The molecule has 6 heteroatoms. The summed E-state index contributed by atoms with van der Waals surface area (Å²) in [6.45, 7) is 2.30. The van der Waals surface area contributed by atoms with Crippen LogP contribution in [0.15, 0.2) is 12.4 Å². The minimum absolute atomic E-state index is 0.0127. The number of aromatic nitrogens is 2. The summed E-state index contributed by atoms with van der Waals surface area (Å²) in [5.41, 5.74) is -0.0127. The maximum atomic E-state index is 10.8. The zero-order chi connectivity index (χ0) is 12.5. The largest absolute Gasteiger partial charge is 0.476 e. The van der Waals surface area contributed by atoms with Crippen molar-refractivity contribution in [1.29, 1.82) is 0 Å². The lowest BCUT2D eigenvalue weighted by atomic mass is 10.1. The van der Waals surface area contributed by atoms with E-state index in [4.69, 9.17) is 5.11 Å². The van der Waals surface area contributed by atoms with Gasteiger partial charge in [0.15, 0.2) is 5.69 Å². The van der Waals surface area contributed by atoms with Crippen molar-refractivity contribution in [1.82, 2.24) is 14.9 Å². The summed E-state index contributed by atoms with van der Waals surface area (Å²) in [7, 11) is 0. The molecule has 1 aromatic rings. The molecule has 2 aliphatic heterocycles. The van der Waals surface area contributed by atoms with Crippen LogP contribution in [0.5, 0.6) is 0 Å². The van der Waals surface area contributed by atoms with Gasteiger partial charge < -0.3 is 10.4 Å². The van der Waals surface area contributed by atoms with Gasteiger partial charge in [0.25, 0.3) is 0 Å². The fourth-order valence-electron chi connectivity index (χ4n) is 2.98. The molecule has 0 aliphatic carbocycles. The SMILES string of the molecule is O=C(O)c1cncc(NC2CCN3CCCC23)n1. The van der Waals surface area contributed by atoms with E-state index < -0.39 is 5.97 Å². The van der Waals surface area contributed by atoms with Crippen LogP contribution in [0.3, 0.4) is 0 Å². The number of hydrogen-bond donors (Lipinski definition) is 2. The lowest BCUT2D eigenvalue weighted by molar-refractivity contribution is 0.0690. The van der Waals surface area contributed by atoms with Crippen LogP contribution in [-0.2, 0) is 0 Å². The maximum Gasteiger partial charge on any atom is 0.356 e. The van der Waals surface area contributed by atoms with Crippen LogP contribution in [0.2, 0.25) is 0 Å². The molecule has 0 aromatic carbocycles. The zero-order valence-corrected chi connectivity index (χ0v) is 10.0. The summed E-state index contributed by atoms with van der Waals surface area (Å²) in [5.74, 6) is -0.478. The molecule has 0 bridgehead atoms. The van der Waals surface area contributed by atoms with Gasteiger partial charge in [-0.15, -0.1) is 0 Å². The molecule has 2 aliphatic rings. The van der Waals surface area contributed by atoms with Crippen LogP contribution in [0.25, 0.3) is 0 Å². The minimum atomic E-state index is -1.04. The molecule has 2 unspecified atom stereocenters. The summed E-state index contributed by atoms with van der Waals surface area (Å²) in [4.78, 5) is 21.3. The fraction of sp³-hybridized carbons (Fsp3) is 0.583. The number of nitrogens with one attached hydrogen (secondary N) is 1. The number of rotatable bonds is 3. The Morgan fingerprint density at radius 3 is 3.11 bits per heavy atom. The third-order valence-electron chi connectivity index (χ3n) is 3.79. The average Bonchev–Trinajstić information content (AvgIpc) is 2.94. The number of aromatic carboxylic acids is 1. The Bertz CT molecular complexity index is 465. The van der Waals surface area contributed by atoms with E-state index in [9.17, 15) is 4.79 Å². The van der Waals surface area contributed by atoms with Gasteiger partial charge in [-0.05, 0) is 25.8 Å². The predicted octanol–water partition coefficient (Wildman–Crippen LogP) is 0.823. The van der Waals surface area contributed by atoms with Crippen molar-refractivity contribution < 1.29 is 9.90 Å². The van der Waals surface area contributed by atoms with E-state index in [0.717, 1.165) is 13.0 Å². The second kappa shape index (κ2) is 4.53. The Morgan fingerprint density at radius 2 is 2.28 bits per heavy atom. The van der Waals surface area contributed by atoms with Gasteiger partial charge in [0, 0.05) is 18.6 Å². The molecule has 2 saturated heterocycles. The van der Waals surface area contributed by atoms with Gasteiger partial charge in [-0.2, -0.15) is 0 Å². The van der Waals surface area contributed by atoms with Crippen LogP contribution in [-0.4, -0.2) is 51.1 Å². The molecular weight excluding hydrogens is 232 g/mol. The summed E-state index contributed by atoms with van der Waals surface area (Å²) in [6, 6.07) is 0.936. The number of carboxylic acids is 1. The number of hydrogen-bond acceptors (Lipinski definition) is 5. The van der Waals surface area contributed by atoms with Crippen molar-refractivity contribution in [3.63, 3.8) is 0 Å². The Labute approximate surface area is 105 Å². The second-order valence-corrected chi connectivity index (χ2v) is 4.88. The van der Waals surface area contributed by atoms with Crippen molar-refractivity contribution in [2.75, 3.05) is 18.4 Å². The lowest BCUT2D eigenvalue weighted by Gasteiger charge is -2.21. The molecule has 1 aromatic heterocycles. The van der Waals surface area contributed by atoms with E-state index in [1.54, 1.807) is 6.20 Å². The van der Waals surface area contributed by atoms with E-state index in [-0.39, 0.29) is 5.69 Å². The van der Waals surface area contributed by atoms with Crippen LogP contribution in [0.1, 0.15) is 29.8 Å². The van der Waals surface area contributed by atoms with Crippen molar-refractivity contribution in [3.05, 3.63) is 18.1 Å². The van der Waals surface area contributed by atoms with E-state index in [0.29, 0.717) is 17.9 Å². The van der Waals surface area contributed by atoms with E-state index in [1.165, 1.54) is 25.6 Å². The molecule has 2 atom stereocenters. The van der Waals surface area contributed by atoms with E-state index in [2.05, 4.69) is 20.2 Å². The van der Waals surface area contributed by atoms with Crippen LogP contribution < -0.4 is 5.32 Å². The summed E-state index contributed by atoms with van der Waals surface area (Å²) >= 11 is 0. The monoisotopic (exact) mass is 248 g/mol. The summed E-state index contributed by atoms with van der Waals surface area (Å²) in [5, 5.41) is 12.2. The molecule has 0 spiro atoms. The molecule has 2 fully saturated rings. The van der Waals surface area contributed by atoms with Crippen molar-refractivity contribution in [2.24, 2.45) is 0 Å². The van der Waals surface area contributed by atoms with Gasteiger partial charge in [0.05, 0.1) is 12.4 Å². The third kappa shape index (κ3) is 2.03. The highest BCUT2D eigenvalue weighted by molar-refractivity contribution is 5.85. The normalized spacial score (nSPS) is 27.1. The van der Waals surface area contributed by atoms with Crippen molar-refractivity contribution in [2.45, 2.75) is 31.3 Å². The Morgan fingerprint density at radius 1 is 1.39 bits per heavy atom. The number of anilines is 1. The first-order chi connectivity index (χ1) is 8.74. The van der Waals surface area contributed by atoms with Crippen LogP contribution >= 0.6 is 0 Å². The molecule has 0 radical (unpaired) electrons. The molecule has 96 valence electrons. The Kier molecular flexibility index (Phi) is 2.87. The van der Waals surface area contributed by atoms with Gasteiger partial charge in [-0.25, -0.2) is 9.78 Å². The highest BCUT2D eigenvalue weighted by Crippen LogP contribution is 2.29. The van der Waals surface area contributed by atoms with Gasteiger partial charge in [-0.1, -0.05) is 0 Å². The van der Waals surface area contributed by atoms with Gasteiger partial charge in [0.2, 0.25) is 0 Å². The lowest BCUT2D eigenvalue weighted by Crippen LogP contribution is -2.34. The first kappa shape index (κ1) is 11.4. The summed E-state index contributed by atoms with van der Waals surface area (Å²) < 4.78 is 0. The molecule has 0 amide bonds. The molecule has 0 saturated carbocycles. The second-order valence-electron chi connectivity index (χ2n) is 4.88. The van der Waals surface area contributed by atoms with Crippen molar-refractivity contribution >= 4 is 11.8 Å². The molecule has 3 rings (SSSR count). The average molecular weight is 248 g/mol. The topological polar surface area (TPSA) is 78.3 Å². The first-order valence-corrected chi connectivity index (χ1v) is 6.30. The maximum absolute atomic E-state index is 10.8. The molecular formula is C12H16N4O2. The first-order valence-electron chi connectivity index (χ1n) is 6.30. The Balaban J connectivity index is 1.72. The standard InChI is InChI=1S/C12H16N4O2/c17-12(18)9-6-13-7-11(15-9)14-8-3-5-16-4-1-2-10(8)16/h6-8,10H,1-5H2,(H,14,15)(H,17,18). The Hall–Kier alpha value is -1.69. The molecule has 18 heavy (non-hydrogen) atoms. The number of carbonyl (C=O) groups is 1. The quantitative estimate of drug-likeness (QED) is 0.824. The predicted molar refractivity (Wildman–Crippen MR) is 65.6 cm³/mol. The fourth-order valence-corrected chi connectivity index (χ4v) is 2.98. The van der Waals surface area contributed by atoms with Gasteiger partial charge in [0.1, 0.15) is 5.82 Å². The van der Waals surface area contributed by atoms with E-state index >= 15 is 0 Å². The van der Waals surface area contributed by atoms with Gasteiger partial charge >= 0.3 is 5.97 Å². The number of nitrogens with zero attached hydrogens (tertiary/aromatic N) is 3. The van der Waals surface area contributed by atoms with E-state index in [1.807, 2.05) is 0 Å². The minimum Gasteiger partial charge on any atom is -0.476 e.